The van der Waals surface area contributed by atoms with Gasteiger partial charge in [0, 0.05) is 23.9 Å². The van der Waals surface area contributed by atoms with Gasteiger partial charge in [0.2, 0.25) is 15.9 Å². The molecule has 2 aromatic carbocycles. The second-order valence-corrected chi connectivity index (χ2v) is 8.18. The summed E-state index contributed by atoms with van der Waals surface area (Å²) in [4.78, 5) is 16.4. The van der Waals surface area contributed by atoms with Crippen molar-refractivity contribution in [3.63, 3.8) is 0 Å². The summed E-state index contributed by atoms with van der Waals surface area (Å²) < 4.78 is 39.8. The molecular formula is C18H16FN3O3S2. The van der Waals surface area contributed by atoms with Crippen LogP contribution in [0, 0.1) is 5.82 Å². The molecule has 1 aromatic heterocycles. The van der Waals surface area contributed by atoms with Gasteiger partial charge in [0.15, 0.2) is 5.13 Å². The van der Waals surface area contributed by atoms with Crippen LogP contribution < -0.4 is 10.0 Å². The zero-order valence-electron chi connectivity index (χ0n) is 14.1. The van der Waals surface area contributed by atoms with Crippen LogP contribution in [0.2, 0.25) is 0 Å². The molecule has 0 unspecified atom stereocenters. The van der Waals surface area contributed by atoms with E-state index in [4.69, 9.17) is 0 Å². The van der Waals surface area contributed by atoms with Gasteiger partial charge in [-0.3, -0.25) is 4.79 Å². The molecule has 0 saturated carbocycles. The van der Waals surface area contributed by atoms with E-state index in [1.54, 1.807) is 35.7 Å². The van der Waals surface area contributed by atoms with Crippen LogP contribution in [0.4, 0.5) is 9.52 Å². The Labute approximate surface area is 160 Å². The Bertz CT molecular complexity index is 1040. The van der Waals surface area contributed by atoms with Gasteiger partial charge in [-0.1, -0.05) is 30.3 Å². The second kappa shape index (κ2) is 8.38. The van der Waals surface area contributed by atoms with E-state index < -0.39 is 10.0 Å². The standard InChI is InChI=1S/C18H16FN3O3S2/c19-14-6-4-5-13(11-14)16-12-26-18(21-16)22-17(23)9-10-20-27(24,25)15-7-2-1-3-8-15/h1-8,11-12,20H,9-10H2,(H,21,22,23). The second-order valence-electron chi connectivity index (χ2n) is 5.56. The van der Waals surface area contributed by atoms with Gasteiger partial charge in [-0.05, 0) is 24.3 Å². The van der Waals surface area contributed by atoms with E-state index in [0.717, 1.165) is 0 Å². The monoisotopic (exact) mass is 405 g/mol. The summed E-state index contributed by atoms with van der Waals surface area (Å²) in [6.07, 6.45) is -0.0407. The number of carbonyl (C=O) groups is 1. The van der Waals surface area contributed by atoms with Crippen molar-refractivity contribution in [1.29, 1.82) is 0 Å². The molecule has 2 N–H and O–H groups in total. The number of amides is 1. The van der Waals surface area contributed by atoms with Crippen LogP contribution in [-0.2, 0) is 14.8 Å². The molecule has 0 fully saturated rings. The highest BCUT2D eigenvalue weighted by Gasteiger charge is 2.14. The maximum Gasteiger partial charge on any atom is 0.240 e. The van der Waals surface area contributed by atoms with Gasteiger partial charge in [0.25, 0.3) is 0 Å². The minimum absolute atomic E-state index is 0.0365. The van der Waals surface area contributed by atoms with Gasteiger partial charge in [-0.2, -0.15) is 0 Å². The van der Waals surface area contributed by atoms with E-state index >= 15 is 0 Å². The number of anilines is 1. The maximum absolute atomic E-state index is 13.3. The molecule has 0 aliphatic heterocycles. The largest absolute Gasteiger partial charge is 0.302 e. The summed E-state index contributed by atoms with van der Waals surface area (Å²) in [7, 11) is -3.64. The number of nitrogens with zero attached hydrogens (tertiary/aromatic N) is 1. The summed E-state index contributed by atoms with van der Waals surface area (Å²) in [5, 5.41) is 4.69. The zero-order chi connectivity index (χ0) is 19.3. The predicted molar refractivity (Wildman–Crippen MR) is 102 cm³/mol. The highest BCUT2D eigenvalue weighted by molar-refractivity contribution is 7.89. The average molecular weight is 405 g/mol. The fourth-order valence-corrected chi connectivity index (χ4v) is 4.06. The molecule has 0 aliphatic rings. The summed E-state index contributed by atoms with van der Waals surface area (Å²) in [6, 6.07) is 13.9. The molecular weight excluding hydrogens is 389 g/mol. The molecule has 0 atom stereocenters. The Morgan fingerprint density at radius 2 is 1.89 bits per heavy atom. The minimum Gasteiger partial charge on any atom is -0.302 e. The molecule has 6 nitrogen and oxygen atoms in total. The molecule has 0 aliphatic carbocycles. The van der Waals surface area contributed by atoms with Gasteiger partial charge in [-0.15, -0.1) is 11.3 Å². The summed E-state index contributed by atoms with van der Waals surface area (Å²) in [5.41, 5.74) is 1.17. The lowest BCUT2D eigenvalue weighted by Crippen LogP contribution is -2.27. The first-order valence-corrected chi connectivity index (χ1v) is 10.4. The van der Waals surface area contributed by atoms with Crippen molar-refractivity contribution in [3.05, 3.63) is 65.8 Å². The quantitative estimate of drug-likeness (QED) is 0.632. The lowest BCUT2D eigenvalue weighted by Gasteiger charge is -2.06. The number of nitrogens with one attached hydrogen (secondary N) is 2. The van der Waals surface area contributed by atoms with Gasteiger partial charge in [0.1, 0.15) is 5.82 Å². The third kappa shape index (κ3) is 5.19. The molecule has 140 valence electrons. The average Bonchev–Trinajstić information content (AvgIpc) is 3.11. The van der Waals surface area contributed by atoms with Crippen molar-refractivity contribution < 1.29 is 17.6 Å². The molecule has 3 aromatic rings. The number of sulfonamides is 1. The first-order valence-electron chi connectivity index (χ1n) is 8.00. The molecule has 0 spiro atoms. The number of thiazole rings is 1. The van der Waals surface area contributed by atoms with Crippen LogP contribution >= 0.6 is 11.3 Å². The highest BCUT2D eigenvalue weighted by atomic mass is 32.2. The van der Waals surface area contributed by atoms with Gasteiger partial charge in [-0.25, -0.2) is 22.5 Å². The molecule has 1 amide bonds. The van der Waals surface area contributed by atoms with Crippen molar-refractivity contribution >= 4 is 32.4 Å². The predicted octanol–water partition coefficient (Wildman–Crippen LogP) is 3.26. The maximum atomic E-state index is 13.3. The summed E-state index contributed by atoms with van der Waals surface area (Å²) in [5.74, 6) is -0.734. The number of halogens is 1. The van der Waals surface area contributed by atoms with Crippen LogP contribution in [0.25, 0.3) is 11.3 Å². The molecule has 27 heavy (non-hydrogen) atoms. The van der Waals surface area contributed by atoms with Crippen LogP contribution in [0.5, 0.6) is 0 Å². The van der Waals surface area contributed by atoms with Gasteiger partial charge >= 0.3 is 0 Å². The number of aromatic nitrogens is 1. The fraction of sp³-hybridized carbons (Fsp3) is 0.111. The van der Waals surface area contributed by atoms with Gasteiger partial charge < -0.3 is 5.32 Å². The molecule has 9 heteroatoms. The molecule has 0 radical (unpaired) electrons. The van der Waals surface area contributed by atoms with Gasteiger partial charge in [0.05, 0.1) is 10.6 Å². The third-order valence-corrected chi connectivity index (χ3v) is 5.80. The van der Waals surface area contributed by atoms with E-state index in [0.29, 0.717) is 16.4 Å². The molecule has 0 saturated heterocycles. The van der Waals surface area contributed by atoms with Crippen LogP contribution in [0.3, 0.4) is 0 Å². The topological polar surface area (TPSA) is 88.2 Å². The smallest absolute Gasteiger partial charge is 0.240 e. The van der Waals surface area contributed by atoms with Crippen molar-refractivity contribution in [2.45, 2.75) is 11.3 Å². The number of hydrogen-bond acceptors (Lipinski definition) is 5. The lowest BCUT2D eigenvalue weighted by atomic mass is 10.2. The summed E-state index contributed by atoms with van der Waals surface area (Å²) in [6.45, 7) is -0.0365. The SMILES string of the molecule is O=C(CCNS(=O)(=O)c1ccccc1)Nc1nc(-c2cccc(F)c2)cs1. The Morgan fingerprint density at radius 3 is 2.63 bits per heavy atom. The highest BCUT2D eigenvalue weighted by Crippen LogP contribution is 2.25. The molecule has 3 rings (SSSR count). The molecule has 0 bridgehead atoms. The number of carbonyl (C=O) groups excluding carboxylic acids is 1. The van der Waals surface area contributed by atoms with Crippen molar-refractivity contribution in [2.24, 2.45) is 0 Å². The zero-order valence-corrected chi connectivity index (χ0v) is 15.7. The van der Waals surface area contributed by atoms with E-state index in [1.165, 1.54) is 35.6 Å². The first kappa shape index (κ1) is 19.2. The summed E-state index contributed by atoms with van der Waals surface area (Å²) >= 11 is 1.21. The fourth-order valence-electron chi connectivity index (χ4n) is 2.28. The third-order valence-electron chi connectivity index (χ3n) is 3.57. The van der Waals surface area contributed by atoms with Crippen LogP contribution in [0.1, 0.15) is 6.42 Å². The van der Waals surface area contributed by atoms with Crippen LogP contribution in [-0.4, -0.2) is 25.9 Å². The van der Waals surface area contributed by atoms with E-state index in [-0.39, 0.29) is 29.6 Å². The van der Waals surface area contributed by atoms with E-state index in [9.17, 15) is 17.6 Å². The van der Waals surface area contributed by atoms with Crippen molar-refractivity contribution in [2.75, 3.05) is 11.9 Å². The Balaban J connectivity index is 1.53. The first-order chi connectivity index (χ1) is 12.9. The van der Waals surface area contributed by atoms with Crippen molar-refractivity contribution in [1.82, 2.24) is 9.71 Å². The minimum atomic E-state index is -3.64. The lowest BCUT2D eigenvalue weighted by molar-refractivity contribution is -0.116. The van der Waals surface area contributed by atoms with Crippen molar-refractivity contribution in [3.8, 4) is 11.3 Å². The number of rotatable bonds is 7. The molecule has 1 heterocycles. The van der Waals surface area contributed by atoms with Crippen LogP contribution in [0.15, 0.2) is 64.9 Å². The Kier molecular flexibility index (Phi) is 5.94. The number of hydrogen-bond donors (Lipinski definition) is 2. The number of benzene rings is 2. The van der Waals surface area contributed by atoms with E-state index in [2.05, 4.69) is 15.0 Å². The Morgan fingerprint density at radius 1 is 1.11 bits per heavy atom. The Hall–Kier alpha value is -2.62. The van der Waals surface area contributed by atoms with E-state index in [1.807, 2.05) is 0 Å². The normalized spacial score (nSPS) is 11.3.